The third-order valence-electron chi connectivity index (χ3n) is 6.90. The van der Waals surface area contributed by atoms with Crippen LogP contribution in [0.2, 0.25) is 4.82 Å². The summed E-state index contributed by atoms with van der Waals surface area (Å²) in [6, 6.07) is 11.1. The standard InChI is InChI=1S/C19H24O2Se/c1-18-13-9-10-16(22-14-6-3-2-4-7-14)19(18)11-5-8-15(18)20-17(12-13)21-19/h2-4,6-7,13,15-17H,5,8-12H2,1H3/t13-,15-,16+,17+,18-,19-/m1/s1. The number of hydrogen-bond donors (Lipinski definition) is 0. The van der Waals surface area contributed by atoms with E-state index in [1.165, 1.54) is 36.6 Å². The van der Waals surface area contributed by atoms with Gasteiger partial charge < -0.3 is 0 Å². The molecule has 2 aliphatic carbocycles. The normalized spacial score (nSPS) is 49.1. The van der Waals surface area contributed by atoms with Gasteiger partial charge in [-0.2, -0.15) is 0 Å². The van der Waals surface area contributed by atoms with Gasteiger partial charge in [-0.05, 0) is 0 Å². The first kappa shape index (κ1) is 14.0. The quantitative estimate of drug-likeness (QED) is 0.751. The fourth-order valence-electron chi connectivity index (χ4n) is 5.83. The van der Waals surface area contributed by atoms with Crippen LogP contribution in [0.1, 0.15) is 45.4 Å². The molecule has 0 N–H and O–H groups in total. The molecule has 0 aromatic heterocycles. The molecule has 22 heavy (non-hydrogen) atoms. The van der Waals surface area contributed by atoms with Crippen LogP contribution in [-0.2, 0) is 9.47 Å². The first-order valence-electron chi connectivity index (χ1n) is 8.77. The summed E-state index contributed by atoms with van der Waals surface area (Å²) in [5.41, 5.74) is 0.370. The molecular weight excluding hydrogens is 339 g/mol. The average molecular weight is 363 g/mol. The van der Waals surface area contributed by atoms with E-state index in [0.717, 1.165) is 17.2 Å². The van der Waals surface area contributed by atoms with Crippen LogP contribution in [0.3, 0.4) is 0 Å². The molecule has 6 rings (SSSR count). The van der Waals surface area contributed by atoms with Crippen LogP contribution in [0.4, 0.5) is 0 Å². The molecule has 118 valence electrons. The Morgan fingerprint density at radius 3 is 2.86 bits per heavy atom. The van der Waals surface area contributed by atoms with Crippen molar-refractivity contribution in [2.75, 3.05) is 0 Å². The SMILES string of the molecule is C[C@]12[C@@H]3CC[C@H]([Se]c4ccccc4)[C@]14CCC[C@H]2O[C@H](C3)O4. The molecule has 3 aliphatic heterocycles. The first-order chi connectivity index (χ1) is 10.7. The predicted octanol–water partition coefficient (Wildman–Crippen LogP) is 3.29. The van der Waals surface area contributed by atoms with E-state index in [9.17, 15) is 0 Å². The van der Waals surface area contributed by atoms with Crippen LogP contribution < -0.4 is 4.46 Å². The Morgan fingerprint density at radius 1 is 1.14 bits per heavy atom. The fraction of sp³-hybridized carbons (Fsp3) is 0.684. The molecule has 3 heterocycles. The number of rotatable bonds is 2. The van der Waals surface area contributed by atoms with Crippen LogP contribution in [-0.4, -0.2) is 33.0 Å². The van der Waals surface area contributed by atoms with Crippen molar-refractivity contribution in [2.45, 2.75) is 68.3 Å². The van der Waals surface area contributed by atoms with E-state index in [4.69, 9.17) is 9.47 Å². The zero-order valence-electron chi connectivity index (χ0n) is 13.2. The molecule has 3 heteroatoms. The van der Waals surface area contributed by atoms with Gasteiger partial charge in [0, 0.05) is 0 Å². The van der Waals surface area contributed by atoms with Gasteiger partial charge in [-0.3, -0.25) is 0 Å². The molecule has 2 nitrogen and oxygen atoms in total. The van der Waals surface area contributed by atoms with E-state index in [0.29, 0.717) is 21.1 Å². The van der Waals surface area contributed by atoms with Crippen molar-refractivity contribution in [3.63, 3.8) is 0 Å². The summed E-state index contributed by atoms with van der Waals surface area (Å²) in [4.78, 5) is 0.721. The van der Waals surface area contributed by atoms with Gasteiger partial charge in [-0.1, -0.05) is 0 Å². The molecule has 0 radical (unpaired) electrons. The van der Waals surface area contributed by atoms with Crippen LogP contribution >= 0.6 is 0 Å². The third kappa shape index (κ3) is 1.69. The second-order valence-electron chi connectivity index (χ2n) is 7.67. The van der Waals surface area contributed by atoms with Crippen LogP contribution in [0.5, 0.6) is 0 Å². The number of hydrogen-bond acceptors (Lipinski definition) is 2. The Kier molecular flexibility index (Phi) is 3.08. The van der Waals surface area contributed by atoms with E-state index >= 15 is 0 Å². The average Bonchev–Trinajstić information content (AvgIpc) is 2.50. The van der Waals surface area contributed by atoms with Crippen LogP contribution in [0.15, 0.2) is 30.3 Å². The molecular formula is C19H24O2Se. The maximum absolute atomic E-state index is 6.70. The van der Waals surface area contributed by atoms with Gasteiger partial charge in [0.05, 0.1) is 0 Å². The van der Waals surface area contributed by atoms with Gasteiger partial charge in [0.1, 0.15) is 0 Å². The van der Waals surface area contributed by atoms with Gasteiger partial charge in [-0.25, -0.2) is 0 Å². The summed E-state index contributed by atoms with van der Waals surface area (Å²) in [5.74, 6) is 0.827. The molecule has 5 aliphatic rings. The zero-order valence-corrected chi connectivity index (χ0v) is 14.9. The Balaban J connectivity index is 1.55. The van der Waals surface area contributed by atoms with Gasteiger partial charge in [0.15, 0.2) is 0 Å². The fourth-order valence-corrected chi connectivity index (χ4v) is 9.00. The van der Waals surface area contributed by atoms with E-state index in [1.807, 2.05) is 0 Å². The predicted molar refractivity (Wildman–Crippen MR) is 87.4 cm³/mol. The van der Waals surface area contributed by atoms with E-state index < -0.39 is 0 Å². The molecule has 5 bridgehead atoms. The van der Waals surface area contributed by atoms with Gasteiger partial charge in [-0.15, -0.1) is 0 Å². The summed E-state index contributed by atoms with van der Waals surface area (Å²) < 4.78 is 14.5. The molecule has 5 fully saturated rings. The number of benzene rings is 1. The third-order valence-corrected chi connectivity index (χ3v) is 9.93. The molecule has 0 amide bonds. The summed E-state index contributed by atoms with van der Waals surface area (Å²) in [6.07, 6.45) is 8.21. The van der Waals surface area contributed by atoms with E-state index in [-0.39, 0.29) is 17.3 Å². The second-order valence-corrected chi connectivity index (χ2v) is 10.3. The van der Waals surface area contributed by atoms with E-state index in [1.54, 1.807) is 0 Å². The van der Waals surface area contributed by atoms with Crippen LogP contribution in [0.25, 0.3) is 0 Å². The van der Waals surface area contributed by atoms with Crippen LogP contribution in [0, 0.1) is 11.3 Å². The molecule has 0 unspecified atom stereocenters. The summed E-state index contributed by atoms with van der Waals surface area (Å²) in [7, 11) is 0. The zero-order chi connectivity index (χ0) is 14.8. The van der Waals surface area contributed by atoms with Crippen molar-refractivity contribution in [2.24, 2.45) is 11.3 Å². The Labute approximate surface area is 139 Å². The topological polar surface area (TPSA) is 18.5 Å². The first-order valence-corrected chi connectivity index (χ1v) is 10.6. The molecule has 1 aromatic rings. The number of ether oxygens (including phenoxy) is 2. The van der Waals surface area contributed by atoms with Gasteiger partial charge in [0.2, 0.25) is 0 Å². The Bertz CT molecular complexity index is 566. The second kappa shape index (κ2) is 4.83. The monoisotopic (exact) mass is 364 g/mol. The van der Waals surface area contributed by atoms with Crippen molar-refractivity contribution in [1.29, 1.82) is 0 Å². The van der Waals surface area contributed by atoms with Gasteiger partial charge in [0.25, 0.3) is 0 Å². The molecule has 3 saturated heterocycles. The Morgan fingerprint density at radius 2 is 2.00 bits per heavy atom. The summed E-state index contributed by atoms with van der Waals surface area (Å²) in [5, 5.41) is 0. The van der Waals surface area contributed by atoms with E-state index in [2.05, 4.69) is 37.3 Å². The molecule has 0 spiro atoms. The van der Waals surface area contributed by atoms with Crippen molar-refractivity contribution in [1.82, 2.24) is 0 Å². The minimum absolute atomic E-state index is 0.0894. The van der Waals surface area contributed by atoms with Crippen molar-refractivity contribution >= 4 is 19.4 Å². The van der Waals surface area contributed by atoms with Crippen molar-refractivity contribution in [3.05, 3.63) is 30.3 Å². The maximum atomic E-state index is 6.70. The summed E-state index contributed by atoms with van der Waals surface area (Å²) >= 11 is 0.509. The molecule has 1 aromatic carbocycles. The summed E-state index contributed by atoms with van der Waals surface area (Å²) in [6.45, 7) is 2.50. The van der Waals surface area contributed by atoms with Gasteiger partial charge >= 0.3 is 139 Å². The molecule has 6 atom stereocenters. The van der Waals surface area contributed by atoms with Crippen molar-refractivity contribution in [3.8, 4) is 0 Å². The minimum atomic E-state index is 0.0894. The Hall–Kier alpha value is -0.341. The van der Waals surface area contributed by atoms with Crippen molar-refractivity contribution < 1.29 is 9.47 Å². The molecule has 2 saturated carbocycles.